The van der Waals surface area contributed by atoms with E-state index in [1.165, 1.54) is 25.9 Å². The minimum atomic E-state index is 0.192. The van der Waals surface area contributed by atoms with Gasteiger partial charge in [-0.2, -0.15) is 20.1 Å². The van der Waals surface area contributed by atoms with Gasteiger partial charge in [0.25, 0.3) is 5.95 Å². The topological polar surface area (TPSA) is 97.8 Å². The molecule has 3 heterocycles. The summed E-state index contributed by atoms with van der Waals surface area (Å²) in [5, 5.41) is 7.29. The summed E-state index contributed by atoms with van der Waals surface area (Å²) in [6.45, 7) is 4.38. The smallest absolute Gasteiger partial charge is 0.257 e. The molecule has 8 nitrogen and oxygen atoms in total. The zero-order chi connectivity index (χ0) is 14.5. The van der Waals surface area contributed by atoms with Gasteiger partial charge in [0.05, 0.1) is 0 Å². The second-order valence-corrected chi connectivity index (χ2v) is 5.10. The number of nitrogens with one attached hydrogen (secondary N) is 1. The van der Waals surface area contributed by atoms with Gasteiger partial charge in [0.2, 0.25) is 11.9 Å². The van der Waals surface area contributed by atoms with Crippen LogP contribution in [0.5, 0.6) is 0 Å². The van der Waals surface area contributed by atoms with Crippen LogP contribution in [0.4, 0.5) is 11.9 Å². The molecule has 0 radical (unpaired) electrons. The molecule has 0 aliphatic carbocycles. The predicted octanol–water partition coefficient (Wildman–Crippen LogP) is 0.537. The third kappa shape index (κ3) is 3.66. The molecule has 112 valence electrons. The van der Waals surface area contributed by atoms with E-state index in [1.807, 2.05) is 6.07 Å². The van der Waals surface area contributed by atoms with Crippen LogP contribution in [0.25, 0.3) is 5.95 Å². The van der Waals surface area contributed by atoms with Gasteiger partial charge in [0, 0.05) is 18.9 Å². The molecule has 0 spiro atoms. The van der Waals surface area contributed by atoms with E-state index in [0.717, 1.165) is 19.5 Å². The van der Waals surface area contributed by atoms with Crippen molar-refractivity contribution < 1.29 is 0 Å². The largest absolute Gasteiger partial charge is 0.368 e. The van der Waals surface area contributed by atoms with Crippen molar-refractivity contribution in [2.24, 2.45) is 0 Å². The van der Waals surface area contributed by atoms with E-state index in [4.69, 9.17) is 5.73 Å². The highest BCUT2D eigenvalue weighted by molar-refractivity contribution is 5.34. The van der Waals surface area contributed by atoms with Gasteiger partial charge in [0.15, 0.2) is 0 Å². The van der Waals surface area contributed by atoms with Crippen molar-refractivity contribution in [3.63, 3.8) is 0 Å². The molecule has 2 aromatic rings. The lowest BCUT2D eigenvalue weighted by atomic mass is 10.4. The lowest BCUT2D eigenvalue weighted by molar-refractivity contribution is 0.337. The highest BCUT2D eigenvalue weighted by atomic mass is 15.4. The fourth-order valence-electron chi connectivity index (χ4n) is 2.46. The third-order valence-corrected chi connectivity index (χ3v) is 3.48. The summed E-state index contributed by atoms with van der Waals surface area (Å²) >= 11 is 0. The predicted molar refractivity (Wildman–Crippen MR) is 80.1 cm³/mol. The third-order valence-electron chi connectivity index (χ3n) is 3.48. The normalized spacial score (nSPS) is 15.4. The summed E-state index contributed by atoms with van der Waals surface area (Å²) < 4.78 is 1.56. The Labute approximate surface area is 123 Å². The molecular weight excluding hydrogens is 268 g/mol. The molecule has 0 saturated carbocycles. The van der Waals surface area contributed by atoms with Gasteiger partial charge >= 0.3 is 0 Å². The van der Waals surface area contributed by atoms with Crippen LogP contribution in [0.15, 0.2) is 18.5 Å². The Hall–Kier alpha value is -2.22. The Morgan fingerprint density at radius 3 is 2.81 bits per heavy atom. The molecule has 2 aromatic heterocycles. The number of nitrogen functional groups attached to an aromatic ring is 1. The minimum absolute atomic E-state index is 0.192. The first-order chi connectivity index (χ1) is 10.3. The summed E-state index contributed by atoms with van der Waals surface area (Å²) in [6.07, 6.45) is 7.15. The molecule has 1 aliphatic rings. The van der Waals surface area contributed by atoms with E-state index in [-0.39, 0.29) is 5.95 Å². The SMILES string of the molecule is Nc1nc(NCCCN2CCCC2)nc(-n2cccn2)n1. The van der Waals surface area contributed by atoms with Gasteiger partial charge in [-0.15, -0.1) is 0 Å². The summed E-state index contributed by atoms with van der Waals surface area (Å²) in [7, 11) is 0. The average molecular weight is 288 g/mol. The Balaban J connectivity index is 1.55. The number of likely N-dealkylation sites (tertiary alicyclic amines) is 1. The molecule has 0 amide bonds. The zero-order valence-corrected chi connectivity index (χ0v) is 11.9. The molecule has 0 atom stereocenters. The van der Waals surface area contributed by atoms with Crippen molar-refractivity contribution in [1.29, 1.82) is 0 Å². The number of hydrogen-bond donors (Lipinski definition) is 2. The molecule has 0 bridgehead atoms. The second kappa shape index (κ2) is 6.49. The van der Waals surface area contributed by atoms with Crippen LogP contribution in [0.1, 0.15) is 19.3 Å². The van der Waals surface area contributed by atoms with E-state index < -0.39 is 0 Å². The van der Waals surface area contributed by atoms with Crippen LogP contribution >= 0.6 is 0 Å². The quantitative estimate of drug-likeness (QED) is 0.748. The standard InChI is InChI=1S/C13H20N8/c14-11-17-12(15-5-3-9-20-7-1-2-8-20)19-13(18-11)21-10-4-6-16-21/h4,6,10H,1-3,5,7-9H2,(H3,14,15,17,18,19). The van der Waals surface area contributed by atoms with E-state index in [2.05, 4.69) is 30.3 Å². The van der Waals surface area contributed by atoms with E-state index >= 15 is 0 Å². The first-order valence-electron chi connectivity index (χ1n) is 7.29. The lowest BCUT2D eigenvalue weighted by Crippen LogP contribution is -2.22. The maximum absolute atomic E-state index is 5.72. The Morgan fingerprint density at radius 2 is 2.05 bits per heavy atom. The average Bonchev–Trinajstić information content (AvgIpc) is 3.16. The fraction of sp³-hybridized carbons (Fsp3) is 0.538. The number of nitrogens with zero attached hydrogens (tertiary/aromatic N) is 6. The highest BCUT2D eigenvalue weighted by Crippen LogP contribution is 2.08. The van der Waals surface area contributed by atoms with Crippen molar-refractivity contribution in [2.75, 3.05) is 37.2 Å². The van der Waals surface area contributed by atoms with Crippen molar-refractivity contribution >= 4 is 11.9 Å². The van der Waals surface area contributed by atoms with Gasteiger partial charge in [0.1, 0.15) is 0 Å². The molecule has 3 rings (SSSR count). The maximum Gasteiger partial charge on any atom is 0.257 e. The Morgan fingerprint density at radius 1 is 1.19 bits per heavy atom. The molecular formula is C13H20N8. The van der Waals surface area contributed by atoms with Gasteiger partial charge in [-0.05, 0) is 45.0 Å². The first kappa shape index (κ1) is 13.7. The molecule has 1 saturated heterocycles. The monoisotopic (exact) mass is 288 g/mol. The molecule has 3 N–H and O–H groups in total. The van der Waals surface area contributed by atoms with Crippen molar-refractivity contribution in [3.8, 4) is 5.95 Å². The lowest BCUT2D eigenvalue weighted by Gasteiger charge is -2.14. The van der Waals surface area contributed by atoms with Crippen LogP contribution < -0.4 is 11.1 Å². The van der Waals surface area contributed by atoms with Crippen molar-refractivity contribution in [2.45, 2.75) is 19.3 Å². The molecule has 21 heavy (non-hydrogen) atoms. The van der Waals surface area contributed by atoms with Gasteiger partial charge in [-0.1, -0.05) is 0 Å². The zero-order valence-electron chi connectivity index (χ0n) is 11.9. The first-order valence-corrected chi connectivity index (χ1v) is 7.29. The maximum atomic E-state index is 5.72. The highest BCUT2D eigenvalue weighted by Gasteiger charge is 2.10. The van der Waals surface area contributed by atoms with E-state index in [9.17, 15) is 0 Å². The van der Waals surface area contributed by atoms with Crippen molar-refractivity contribution in [3.05, 3.63) is 18.5 Å². The number of aromatic nitrogens is 5. The molecule has 0 unspecified atom stereocenters. The summed E-state index contributed by atoms with van der Waals surface area (Å²) in [5.41, 5.74) is 5.72. The van der Waals surface area contributed by atoms with Gasteiger partial charge < -0.3 is 16.0 Å². The number of hydrogen-bond acceptors (Lipinski definition) is 7. The Kier molecular flexibility index (Phi) is 4.25. The van der Waals surface area contributed by atoms with Gasteiger partial charge in [-0.3, -0.25) is 0 Å². The Bertz CT molecular complexity index is 562. The van der Waals surface area contributed by atoms with Crippen LogP contribution in [-0.2, 0) is 0 Å². The van der Waals surface area contributed by atoms with E-state index in [0.29, 0.717) is 11.9 Å². The molecule has 1 fully saturated rings. The van der Waals surface area contributed by atoms with Crippen LogP contribution in [-0.4, -0.2) is 55.8 Å². The van der Waals surface area contributed by atoms with Crippen LogP contribution in [0, 0.1) is 0 Å². The summed E-state index contributed by atoms with van der Waals surface area (Å²) in [4.78, 5) is 15.0. The summed E-state index contributed by atoms with van der Waals surface area (Å²) in [6, 6.07) is 1.81. The summed E-state index contributed by atoms with van der Waals surface area (Å²) in [5.74, 6) is 1.11. The van der Waals surface area contributed by atoms with Crippen LogP contribution in [0.2, 0.25) is 0 Å². The van der Waals surface area contributed by atoms with Gasteiger partial charge in [-0.25, -0.2) is 4.68 Å². The molecule has 8 heteroatoms. The molecule has 0 aromatic carbocycles. The number of nitrogens with two attached hydrogens (primary N) is 1. The number of anilines is 2. The number of rotatable bonds is 6. The van der Waals surface area contributed by atoms with Crippen molar-refractivity contribution in [1.82, 2.24) is 29.6 Å². The van der Waals surface area contributed by atoms with Crippen LogP contribution in [0.3, 0.4) is 0 Å². The molecule has 1 aliphatic heterocycles. The second-order valence-electron chi connectivity index (χ2n) is 5.10. The fourth-order valence-corrected chi connectivity index (χ4v) is 2.46. The minimum Gasteiger partial charge on any atom is -0.368 e. The van der Waals surface area contributed by atoms with E-state index in [1.54, 1.807) is 17.1 Å².